The van der Waals surface area contributed by atoms with Gasteiger partial charge in [0, 0.05) is 25.0 Å². The second-order valence-electron chi connectivity index (χ2n) is 4.92. The third-order valence-electron chi connectivity index (χ3n) is 3.16. The topological polar surface area (TPSA) is 59.8 Å². The summed E-state index contributed by atoms with van der Waals surface area (Å²) >= 11 is 6.12. The lowest BCUT2D eigenvalue weighted by Gasteiger charge is -2.10. The van der Waals surface area contributed by atoms with Crippen LogP contribution >= 0.6 is 11.6 Å². The highest BCUT2D eigenvalue weighted by Crippen LogP contribution is 2.16. The maximum Gasteiger partial charge on any atom is 0.287 e. The average molecular weight is 307 g/mol. The van der Waals surface area contributed by atoms with Gasteiger partial charge in [0.05, 0.1) is 11.9 Å². The van der Waals surface area contributed by atoms with Crippen molar-refractivity contribution in [3.8, 4) is 0 Å². The molecule has 0 aliphatic heterocycles. The molecule has 0 aliphatic carbocycles. The molecular weight excluding hydrogens is 288 g/mol. The fourth-order valence-electron chi connectivity index (χ4n) is 1.86. The minimum Gasteiger partial charge on any atom is -0.378 e. The number of rotatable bonds is 6. The molecule has 0 aliphatic rings. The summed E-state index contributed by atoms with van der Waals surface area (Å²) in [5, 5.41) is 7.45. The third kappa shape index (κ3) is 4.04. The molecule has 0 radical (unpaired) electrons. The van der Waals surface area contributed by atoms with Gasteiger partial charge < -0.3 is 5.32 Å². The van der Waals surface area contributed by atoms with Gasteiger partial charge in [0.15, 0.2) is 0 Å². The predicted molar refractivity (Wildman–Crippen MR) is 84.7 cm³/mol. The monoisotopic (exact) mass is 306 g/mol. The van der Waals surface area contributed by atoms with Crippen molar-refractivity contribution in [2.45, 2.75) is 39.8 Å². The van der Waals surface area contributed by atoms with E-state index in [2.05, 4.69) is 22.3 Å². The fraction of sp³-hybridized carbons (Fsp3) is 0.400. The van der Waals surface area contributed by atoms with Gasteiger partial charge >= 0.3 is 0 Å². The van der Waals surface area contributed by atoms with E-state index in [1.807, 2.05) is 19.1 Å². The van der Waals surface area contributed by atoms with Crippen LogP contribution in [-0.4, -0.2) is 14.8 Å². The van der Waals surface area contributed by atoms with Gasteiger partial charge in [0.2, 0.25) is 0 Å². The summed E-state index contributed by atoms with van der Waals surface area (Å²) in [4.78, 5) is 16.3. The van der Waals surface area contributed by atoms with Gasteiger partial charge in [-0.2, -0.15) is 5.10 Å². The SMILES string of the molecule is CCCCn1ncc(NCc2ccc(C)nc2)c(Cl)c1=O. The Bertz CT molecular complexity index is 652. The predicted octanol–water partition coefficient (Wildman–Crippen LogP) is 3.01. The normalized spacial score (nSPS) is 10.6. The lowest BCUT2D eigenvalue weighted by molar-refractivity contribution is 0.543. The van der Waals surface area contributed by atoms with E-state index in [0.29, 0.717) is 18.8 Å². The number of aromatic nitrogens is 3. The first kappa shape index (κ1) is 15.5. The van der Waals surface area contributed by atoms with Crippen molar-refractivity contribution < 1.29 is 0 Å². The van der Waals surface area contributed by atoms with Crippen LogP contribution in [0.1, 0.15) is 31.0 Å². The van der Waals surface area contributed by atoms with Crippen LogP contribution in [-0.2, 0) is 13.1 Å². The minimum absolute atomic E-state index is 0.182. The number of unbranched alkanes of at least 4 members (excludes halogenated alkanes) is 1. The molecule has 1 N–H and O–H groups in total. The first-order chi connectivity index (χ1) is 10.1. The van der Waals surface area contributed by atoms with E-state index >= 15 is 0 Å². The van der Waals surface area contributed by atoms with Gasteiger partial charge in [0.1, 0.15) is 5.02 Å². The Morgan fingerprint density at radius 3 is 2.81 bits per heavy atom. The van der Waals surface area contributed by atoms with Crippen LogP contribution in [0, 0.1) is 6.92 Å². The Hall–Kier alpha value is -1.88. The van der Waals surface area contributed by atoms with E-state index in [1.54, 1.807) is 12.4 Å². The molecule has 21 heavy (non-hydrogen) atoms. The first-order valence-corrected chi connectivity index (χ1v) is 7.40. The van der Waals surface area contributed by atoms with Crippen LogP contribution in [0.2, 0.25) is 5.02 Å². The molecule has 0 saturated carbocycles. The van der Waals surface area contributed by atoms with Crippen LogP contribution in [0.3, 0.4) is 0 Å². The van der Waals surface area contributed by atoms with Gasteiger partial charge in [-0.1, -0.05) is 31.0 Å². The largest absolute Gasteiger partial charge is 0.378 e. The van der Waals surface area contributed by atoms with Gasteiger partial charge in [-0.15, -0.1) is 0 Å². The third-order valence-corrected chi connectivity index (χ3v) is 3.53. The van der Waals surface area contributed by atoms with Crippen molar-refractivity contribution in [3.63, 3.8) is 0 Å². The number of nitrogens with one attached hydrogen (secondary N) is 1. The molecule has 0 fully saturated rings. The maximum atomic E-state index is 12.1. The van der Waals surface area contributed by atoms with E-state index in [-0.39, 0.29) is 10.6 Å². The summed E-state index contributed by atoms with van der Waals surface area (Å²) in [6, 6.07) is 3.93. The molecule has 0 spiro atoms. The van der Waals surface area contributed by atoms with Crippen LogP contribution in [0.15, 0.2) is 29.3 Å². The second kappa shape index (κ2) is 7.22. The molecule has 5 nitrogen and oxygen atoms in total. The summed E-state index contributed by atoms with van der Waals surface area (Å²) in [5.41, 5.74) is 2.29. The highest BCUT2D eigenvalue weighted by molar-refractivity contribution is 6.32. The lowest BCUT2D eigenvalue weighted by atomic mass is 10.2. The van der Waals surface area contributed by atoms with Gasteiger partial charge in [-0.05, 0) is 25.0 Å². The fourth-order valence-corrected chi connectivity index (χ4v) is 2.07. The number of hydrogen-bond donors (Lipinski definition) is 1. The zero-order chi connectivity index (χ0) is 15.2. The van der Waals surface area contributed by atoms with Crippen molar-refractivity contribution >= 4 is 17.3 Å². The minimum atomic E-state index is -0.253. The maximum absolute atomic E-state index is 12.1. The summed E-state index contributed by atoms with van der Waals surface area (Å²) in [5.74, 6) is 0. The molecule has 0 amide bonds. The number of pyridine rings is 1. The van der Waals surface area contributed by atoms with Crippen molar-refractivity contribution in [2.24, 2.45) is 0 Å². The first-order valence-electron chi connectivity index (χ1n) is 7.03. The second-order valence-corrected chi connectivity index (χ2v) is 5.29. The number of anilines is 1. The Kier molecular flexibility index (Phi) is 5.33. The van der Waals surface area contributed by atoms with Crippen LogP contribution < -0.4 is 10.9 Å². The number of hydrogen-bond acceptors (Lipinski definition) is 4. The lowest BCUT2D eigenvalue weighted by Crippen LogP contribution is -2.24. The average Bonchev–Trinajstić information content (AvgIpc) is 2.49. The molecular formula is C15H19ClN4O. The summed E-state index contributed by atoms with van der Waals surface area (Å²) in [7, 11) is 0. The number of halogens is 1. The van der Waals surface area contributed by atoms with Crippen molar-refractivity contribution in [3.05, 3.63) is 51.2 Å². The molecule has 0 saturated heterocycles. The van der Waals surface area contributed by atoms with Crippen LogP contribution in [0.5, 0.6) is 0 Å². The molecule has 0 aromatic carbocycles. The highest BCUT2D eigenvalue weighted by Gasteiger charge is 2.08. The van der Waals surface area contributed by atoms with E-state index in [4.69, 9.17) is 11.6 Å². The standard InChI is InChI=1S/C15H19ClN4O/c1-3-4-7-20-15(21)14(16)13(10-19-20)18-9-12-6-5-11(2)17-8-12/h5-6,8,10,18H,3-4,7,9H2,1-2H3. The zero-order valence-corrected chi connectivity index (χ0v) is 13.0. The van der Waals surface area contributed by atoms with E-state index in [1.165, 1.54) is 4.68 Å². The van der Waals surface area contributed by atoms with Gasteiger partial charge in [-0.25, -0.2) is 4.68 Å². The smallest absolute Gasteiger partial charge is 0.287 e. The molecule has 0 atom stereocenters. The zero-order valence-electron chi connectivity index (χ0n) is 12.3. The summed E-state index contributed by atoms with van der Waals surface area (Å²) in [6.07, 6.45) is 5.31. The highest BCUT2D eigenvalue weighted by atomic mass is 35.5. The Morgan fingerprint density at radius 1 is 1.33 bits per heavy atom. The summed E-state index contributed by atoms with van der Waals surface area (Å²) in [6.45, 7) is 5.15. The molecule has 0 bridgehead atoms. The molecule has 2 aromatic heterocycles. The van der Waals surface area contributed by atoms with Crippen molar-refractivity contribution in [1.29, 1.82) is 0 Å². The summed E-state index contributed by atoms with van der Waals surface area (Å²) < 4.78 is 1.41. The van der Waals surface area contributed by atoms with Crippen molar-refractivity contribution in [2.75, 3.05) is 5.32 Å². The Labute approximate surface area is 129 Å². The quantitative estimate of drug-likeness (QED) is 0.891. The molecule has 0 unspecified atom stereocenters. The Morgan fingerprint density at radius 2 is 2.14 bits per heavy atom. The molecule has 112 valence electrons. The molecule has 2 heterocycles. The van der Waals surface area contributed by atoms with Crippen LogP contribution in [0.4, 0.5) is 5.69 Å². The Balaban J connectivity index is 2.08. The van der Waals surface area contributed by atoms with E-state index < -0.39 is 0 Å². The molecule has 6 heteroatoms. The van der Waals surface area contributed by atoms with Gasteiger partial charge in [-0.3, -0.25) is 9.78 Å². The number of aryl methyl sites for hydroxylation is 2. The number of nitrogens with zero attached hydrogens (tertiary/aromatic N) is 3. The molecule has 2 rings (SSSR count). The van der Waals surface area contributed by atoms with Gasteiger partial charge in [0.25, 0.3) is 5.56 Å². The van der Waals surface area contributed by atoms with E-state index in [9.17, 15) is 4.79 Å². The molecule has 2 aromatic rings. The van der Waals surface area contributed by atoms with Crippen molar-refractivity contribution in [1.82, 2.24) is 14.8 Å². The van der Waals surface area contributed by atoms with E-state index in [0.717, 1.165) is 24.1 Å². The van der Waals surface area contributed by atoms with Crippen LogP contribution in [0.25, 0.3) is 0 Å².